The maximum Gasteiger partial charge on any atom is 0.227 e. The van der Waals surface area contributed by atoms with Crippen LogP contribution in [0.5, 0.6) is 0 Å². The normalized spacial score (nSPS) is 20.8. The van der Waals surface area contributed by atoms with E-state index in [0.29, 0.717) is 13.2 Å². The highest BCUT2D eigenvalue weighted by molar-refractivity contribution is 5.83. The number of hydrogen-bond donors (Lipinski definition) is 2. The van der Waals surface area contributed by atoms with Crippen molar-refractivity contribution in [2.45, 2.75) is 25.3 Å². The van der Waals surface area contributed by atoms with Crippen molar-refractivity contribution in [2.75, 3.05) is 26.3 Å². The van der Waals surface area contributed by atoms with Crippen LogP contribution in [0.2, 0.25) is 0 Å². The van der Waals surface area contributed by atoms with Gasteiger partial charge in [0.2, 0.25) is 5.91 Å². The minimum absolute atomic E-state index is 0.0642. The minimum atomic E-state index is -0.0642. The summed E-state index contributed by atoms with van der Waals surface area (Å²) in [6.45, 7) is 4.95. The Bertz CT molecular complexity index is 388. The Morgan fingerprint density at radius 3 is 2.89 bits per heavy atom. The average molecular weight is 262 g/mol. The van der Waals surface area contributed by atoms with Crippen molar-refractivity contribution in [3.05, 3.63) is 35.9 Å². The van der Waals surface area contributed by atoms with Gasteiger partial charge < -0.3 is 15.4 Å². The molecular weight excluding hydrogens is 240 g/mol. The summed E-state index contributed by atoms with van der Waals surface area (Å²) in [5, 5.41) is 6.35. The van der Waals surface area contributed by atoms with Crippen molar-refractivity contribution in [1.29, 1.82) is 0 Å². The summed E-state index contributed by atoms with van der Waals surface area (Å²) >= 11 is 0. The van der Waals surface area contributed by atoms with E-state index in [2.05, 4.69) is 10.6 Å². The molecule has 2 atom stereocenters. The number of ether oxygens (including phenoxy) is 1. The van der Waals surface area contributed by atoms with Crippen LogP contribution in [0.1, 0.15) is 24.8 Å². The Morgan fingerprint density at radius 1 is 1.47 bits per heavy atom. The summed E-state index contributed by atoms with van der Waals surface area (Å²) in [6.07, 6.45) is 0.810. The molecule has 1 aliphatic rings. The Hall–Kier alpha value is -1.39. The van der Waals surface area contributed by atoms with E-state index in [9.17, 15) is 4.79 Å². The van der Waals surface area contributed by atoms with Crippen molar-refractivity contribution in [3.8, 4) is 0 Å². The third-order valence-corrected chi connectivity index (χ3v) is 3.45. The molecule has 0 spiro atoms. The number of morpholine rings is 1. The maximum absolute atomic E-state index is 12.2. The fourth-order valence-electron chi connectivity index (χ4n) is 2.36. The molecule has 0 aromatic heterocycles. The first-order valence-corrected chi connectivity index (χ1v) is 6.95. The van der Waals surface area contributed by atoms with Gasteiger partial charge >= 0.3 is 0 Å². The van der Waals surface area contributed by atoms with E-state index < -0.39 is 0 Å². The predicted molar refractivity (Wildman–Crippen MR) is 75.1 cm³/mol. The molecule has 1 aliphatic heterocycles. The zero-order valence-corrected chi connectivity index (χ0v) is 11.4. The summed E-state index contributed by atoms with van der Waals surface area (Å²) in [4.78, 5) is 12.2. The second-order valence-electron chi connectivity index (χ2n) is 4.84. The van der Waals surface area contributed by atoms with Crippen LogP contribution < -0.4 is 10.6 Å². The molecule has 4 nitrogen and oxygen atoms in total. The van der Waals surface area contributed by atoms with Crippen LogP contribution in [0.3, 0.4) is 0 Å². The van der Waals surface area contributed by atoms with Crippen LogP contribution >= 0.6 is 0 Å². The van der Waals surface area contributed by atoms with Crippen molar-refractivity contribution >= 4 is 5.91 Å². The number of hydrogen-bond acceptors (Lipinski definition) is 3. The molecule has 2 rings (SSSR count). The highest BCUT2D eigenvalue weighted by Crippen LogP contribution is 2.19. The molecule has 1 saturated heterocycles. The van der Waals surface area contributed by atoms with Crippen molar-refractivity contribution in [3.63, 3.8) is 0 Å². The second-order valence-corrected chi connectivity index (χ2v) is 4.84. The van der Waals surface area contributed by atoms with Crippen LogP contribution in [-0.4, -0.2) is 38.3 Å². The molecule has 0 aliphatic carbocycles. The van der Waals surface area contributed by atoms with Crippen molar-refractivity contribution in [1.82, 2.24) is 10.6 Å². The molecule has 104 valence electrons. The van der Waals surface area contributed by atoms with Crippen molar-refractivity contribution < 1.29 is 9.53 Å². The standard InChI is InChI=1S/C15H22N2O2/c1-2-14(12-6-4-3-5-7-12)15(18)17-10-13-11-19-9-8-16-13/h3-7,13-14,16H,2,8-11H2,1H3,(H,17,18). The van der Waals surface area contributed by atoms with Gasteiger partial charge in [-0.25, -0.2) is 0 Å². The first-order chi connectivity index (χ1) is 9.31. The van der Waals surface area contributed by atoms with Crippen molar-refractivity contribution in [2.24, 2.45) is 0 Å². The molecule has 19 heavy (non-hydrogen) atoms. The van der Waals surface area contributed by atoms with Crippen LogP contribution in [0, 0.1) is 0 Å². The minimum Gasteiger partial charge on any atom is -0.378 e. The summed E-state index contributed by atoms with van der Waals surface area (Å²) in [5.74, 6) is 0.0341. The Morgan fingerprint density at radius 2 is 2.26 bits per heavy atom. The topological polar surface area (TPSA) is 50.4 Å². The fourth-order valence-corrected chi connectivity index (χ4v) is 2.36. The number of amides is 1. The molecule has 0 radical (unpaired) electrons. The van der Waals surface area contributed by atoms with E-state index >= 15 is 0 Å². The quantitative estimate of drug-likeness (QED) is 0.840. The molecule has 1 heterocycles. The molecular formula is C15H22N2O2. The summed E-state index contributed by atoms with van der Waals surface area (Å²) in [5.41, 5.74) is 1.08. The van der Waals surface area contributed by atoms with Gasteiger partial charge in [-0.1, -0.05) is 37.3 Å². The van der Waals surface area contributed by atoms with Gasteiger partial charge in [0.1, 0.15) is 0 Å². The first-order valence-electron chi connectivity index (χ1n) is 6.95. The van der Waals surface area contributed by atoms with E-state index in [1.807, 2.05) is 37.3 Å². The summed E-state index contributed by atoms with van der Waals surface area (Å²) < 4.78 is 5.37. The Balaban J connectivity index is 1.86. The molecule has 2 N–H and O–H groups in total. The smallest absolute Gasteiger partial charge is 0.227 e. The zero-order chi connectivity index (χ0) is 13.5. The van der Waals surface area contributed by atoms with Gasteiger partial charge in [-0.05, 0) is 12.0 Å². The molecule has 1 aromatic rings. The zero-order valence-electron chi connectivity index (χ0n) is 11.4. The number of rotatable bonds is 5. The summed E-state index contributed by atoms with van der Waals surface area (Å²) in [6, 6.07) is 10.2. The van der Waals surface area contributed by atoms with E-state index in [4.69, 9.17) is 4.74 Å². The lowest BCUT2D eigenvalue weighted by molar-refractivity contribution is -0.122. The predicted octanol–water partition coefficient (Wildman–Crippen LogP) is 1.28. The molecule has 0 bridgehead atoms. The highest BCUT2D eigenvalue weighted by Gasteiger charge is 2.20. The largest absolute Gasteiger partial charge is 0.378 e. The third-order valence-electron chi connectivity index (χ3n) is 3.45. The van der Waals surface area contributed by atoms with E-state index in [-0.39, 0.29) is 17.9 Å². The van der Waals surface area contributed by atoms with Crippen LogP contribution in [0.4, 0.5) is 0 Å². The molecule has 2 unspecified atom stereocenters. The lowest BCUT2D eigenvalue weighted by Gasteiger charge is -2.25. The van der Waals surface area contributed by atoms with Gasteiger partial charge in [-0.2, -0.15) is 0 Å². The lowest BCUT2D eigenvalue weighted by atomic mass is 9.95. The molecule has 1 fully saturated rings. The van der Waals surface area contributed by atoms with Gasteiger partial charge in [0, 0.05) is 19.1 Å². The molecule has 4 heteroatoms. The van der Waals surface area contributed by atoms with Gasteiger partial charge in [0.25, 0.3) is 0 Å². The number of carbonyl (C=O) groups is 1. The monoisotopic (exact) mass is 262 g/mol. The SMILES string of the molecule is CCC(C(=O)NCC1COCCN1)c1ccccc1. The maximum atomic E-state index is 12.2. The number of nitrogens with one attached hydrogen (secondary N) is 2. The molecule has 1 aromatic carbocycles. The van der Waals surface area contributed by atoms with Gasteiger partial charge in [0.15, 0.2) is 0 Å². The molecule has 1 amide bonds. The summed E-state index contributed by atoms with van der Waals surface area (Å²) in [7, 11) is 0. The van der Waals surface area contributed by atoms with Gasteiger partial charge in [-0.15, -0.1) is 0 Å². The first kappa shape index (κ1) is 14.0. The fraction of sp³-hybridized carbons (Fsp3) is 0.533. The number of benzene rings is 1. The van der Waals surface area contributed by atoms with Gasteiger partial charge in [-0.3, -0.25) is 4.79 Å². The Kier molecular flexibility index (Phi) is 5.36. The lowest BCUT2D eigenvalue weighted by Crippen LogP contribution is -2.48. The third kappa shape index (κ3) is 4.04. The van der Waals surface area contributed by atoms with Crippen LogP contribution in [0.25, 0.3) is 0 Å². The van der Waals surface area contributed by atoms with Crippen LogP contribution in [0.15, 0.2) is 30.3 Å². The Labute approximate surface area is 114 Å². The van der Waals surface area contributed by atoms with E-state index in [1.165, 1.54) is 0 Å². The van der Waals surface area contributed by atoms with Crippen LogP contribution in [-0.2, 0) is 9.53 Å². The average Bonchev–Trinajstić information content (AvgIpc) is 2.48. The molecule has 0 saturated carbocycles. The van der Waals surface area contributed by atoms with E-state index in [0.717, 1.165) is 25.1 Å². The highest BCUT2D eigenvalue weighted by atomic mass is 16.5. The van der Waals surface area contributed by atoms with Gasteiger partial charge in [0.05, 0.1) is 19.1 Å². The second kappa shape index (κ2) is 7.26. The van der Waals surface area contributed by atoms with E-state index in [1.54, 1.807) is 0 Å². The number of carbonyl (C=O) groups excluding carboxylic acids is 1.